The van der Waals surface area contributed by atoms with E-state index < -0.39 is 11.7 Å². The Hall–Kier alpha value is -2.57. The van der Waals surface area contributed by atoms with Crippen LogP contribution in [-0.4, -0.2) is 36.3 Å². The van der Waals surface area contributed by atoms with Gasteiger partial charge < -0.3 is 20.1 Å². The van der Waals surface area contributed by atoms with E-state index in [0.717, 1.165) is 5.56 Å². The number of benzene rings is 1. The molecule has 2 amide bonds. The number of hydrogen-bond donors (Lipinski definition) is 2. The lowest BCUT2D eigenvalue weighted by Gasteiger charge is -2.32. The third-order valence-corrected chi connectivity index (χ3v) is 3.84. The largest absolute Gasteiger partial charge is 0.489 e. The van der Waals surface area contributed by atoms with Crippen molar-refractivity contribution in [2.75, 3.05) is 13.2 Å². The number of fused-ring (bicyclic) bond motifs is 1. The number of amides is 2. The zero-order chi connectivity index (χ0) is 20.2. The Kier molecular flexibility index (Phi) is 6.13. The number of carbonyl (C=O) groups excluding carboxylic acids is 2. The van der Waals surface area contributed by atoms with Crippen molar-refractivity contribution in [2.45, 2.75) is 52.2 Å². The number of carbonyl (C=O) groups is 2. The molecule has 7 heteroatoms. The van der Waals surface area contributed by atoms with Gasteiger partial charge in [-0.15, -0.1) is 0 Å². The molecule has 0 aromatic heterocycles. The topological polar surface area (TPSA) is 76.7 Å². The van der Waals surface area contributed by atoms with E-state index in [-0.39, 0.29) is 30.2 Å². The highest BCUT2D eigenvalue weighted by Gasteiger charge is 2.29. The first-order valence-electron chi connectivity index (χ1n) is 8.82. The minimum absolute atomic E-state index is 0.0220. The summed E-state index contributed by atoms with van der Waals surface area (Å²) in [5, 5.41) is 5.43. The van der Waals surface area contributed by atoms with Crippen LogP contribution in [0.5, 0.6) is 5.75 Å². The molecule has 1 aliphatic rings. The molecule has 27 heavy (non-hydrogen) atoms. The van der Waals surface area contributed by atoms with E-state index in [9.17, 15) is 14.0 Å². The molecule has 0 saturated carbocycles. The van der Waals surface area contributed by atoms with Gasteiger partial charge in [0.2, 0.25) is 0 Å². The van der Waals surface area contributed by atoms with Crippen molar-refractivity contribution in [3.8, 4) is 5.75 Å². The van der Waals surface area contributed by atoms with E-state index in [4.69, 9.17) is 9.47 Å². The molecule has 1 aliphatic heterocycles. The van der Waals surface area contributed by atoms with Crippen molar-refractivity contribution in [3.63, 3.8) is 0 Å². The first kappa shape index (κ1) is 20.7. The molecular formula is C20H27FN2O4. The molecule has 0 fully saturated rings. The predicted octanol–water partition coefficient (Wildman–Crippen LogP) is 3.51. The zero-order valence-electron chi connectivity index (χ0n) is 16.4. The van der Waals surface area contributed by atoms with Crippen LogP contribution in [0, 0.1) is 0 Å². The second-order valence-corrected chi connectivity index (χ2v) is 8.25. The lowest BCUT2D eigenvalue weighted by molar-refractivity contribution is 0.0531. The maximum Gasteiger partial charge on any atom is 0.407 e. The number of halogens is 1. The van der Waals surface area contributed by atoms with Gasteiger partial charge in [0.15, 0.2) is 0 Å². The number of hydrogen-bond acceptors (Lipinski definition) is 4. The Balaban J connectivity index is 1.94. The summed E-state index contributed by atoms with van der Waals surface area (Å²) in [6.45, 7) is 9.10. The van der Waals surface area contributed by atoms with Crippen molar-refractivity contribution >= 4 is 12.0 Å². The molecule has 0 radical (unpaired) electrons. The molecule has 0 saturated heterocycles. The Labute approximate surface area is 159 Å². The average molecular weight is 378 g/mol. The molecule has 0 unspecified atom stereocenters. The smallest absolute Gasteiger partial charge is 0.407 e. The fourth-order valence-electron chi connectivity index (χ4n) is 2.72. The molecule has 0 spiro atoms. The Morgan fingerprint density at radius 2 is 2.07 bits per heavy atom. The van der Waals surface area contributed by atoms with Crippen LogP contribution in [0.4, 0.5) is 9.18 Å². The quantitative estimate of drug-likeness (QED) is 0.822. The van der Waals surface area contributed by atoms with Gasteiger partial charge in [-0.2, -0.15) is 0 Å². The molecule has 1 heterocycles. The third-order valence-electron chi connectivity index (χ3n) is 3.84. The molecule has 2 N–H and O–H groups in total. The van der Waals surface area contributed by atoms with Gasteiger partial charge in [-0.25, -0.2) is 9.18 Å². The van der Waals surface area contributed by atoms with Crippen LogP contribution in [0.3, 0.4) is 0 Å². The molecule has 2 rings (SSSR count). The van der Waals surface area contributed by atoms with E-state index in [1.165, 1.54) is 0 Å². The maximum atomic E-state index is 13.1. The van der Waals surface area contributed by atoms with Gasteiger partial charge in [0.1, 0.15) is 18.0 Å². The fraction of sp³-hybridized carbons (Fsp3) is 0.500. The highest BCUT2D eigenvalue weighted by Crippen LogP contribution is 2.26. The minimum atomic E-state index is -0.622. The zero-order valence-corrected chi connectivity index (χ0v) is 16.4. The van der Waals surface area contributed by atoms with Gasteiger partial charge in [0, 0.05) is 23.2 Å². The van der Waals surface area contributed by atoms with Gasteiger partial charge in [-0.05, 0) is 64.8 Å². The van der Waals surface area contributed by atoms with Crippen molar-refractivity contribution < 1.29 is 23.5 Å². The van der Waals surface area contributed by atoms with Crippen LogP contribution in [0.25, 0.3) is 0 Å². The van der Waals surface area contributed by atoms with Gasteiger partial charge in [0.05, 0.1) is 6.33 Å². The Bertz CT molecular complexity index is 751. The number of alkyl carbamates (subject to hydrolysis) is 1. The second kappa shape index (κ2) is 7.98. The van der Waals surface area contributed by atoms with Crippen molar-refractivity contribution in [1.82, 2.24) is 10.6 Å². The van der Waals surface area contributed by atoms with Crippen molar-refractivity contribution in [2.24, 2.45) is 0 Å². The first-order valence-corrected chi connectivity index (χ1v) is 8.82. The maximum absolute atomic E-state index is 13.1. The van der Waals surface area contributed by atoms with Crippen LogP contribution in [-0.2, 0) is 11.2 Å². The van der Waals surface area contributed by atoms with Crippen molar-refractivity contribution in [3.05, 3.63) is 41.2 Å². The monoisotopic (exact) mass is 378 g/mol. The minimum Gasteiger partial charge on any atom is -0.489 e. The van der Waals surface area contributed by atoms with Crippen LogP contribution in [0.1, 0.15) is 50.5 Å². The summed E-state index contributed by atoms with van der Waals surface area (Å²) < 4.78 is 23.8. The highest BCUT2D eigenvalue weighted by molar-refractivity contribution is 5.97. The summed E-state index contributed by atoms with van der Waals surface area (Å²) >= 11 is 0. The molecule has 0 aliphatic carbocycles. The summed E-state index contributed by atoms with van der Waals surface area (Å²) in [5.74, 6) is 0.426. The molecular weight excluding hydrogens is 351 g/mol. The van der Waals surface area contributed by atoms with Crippen molar-refractivity contribution in [1.29, 1.82) is 0 Å². The number of ether oxygens (including phenoxy) is 2. The molecule has 1 aromatic carbocycles. The molecule has 1 aromatic rings. The van der Waals surface area contributed by atoms with E-state index in [2.05, 4.69) is 10.6 Å². The van der Waals surface area contributed by atoms with E-state index in [1.807, 2.05) is 13.8 Å². The standard InChI is InChI=1S/C20H27FN2O4/c1-19(2,3)27-18(25)22-11-13(10-21)12-26-15-6-7-16-14(8-15)9-20(4,5)23-17(16)24/h6-8,10H,9,11-12H2,1-5H3,(H,22,25)(H,23,24)/b13-10+. The summed E-state index contributed by atoms with van der Waals surface area (Å²) in [5.41, 5.74) is 0.818. The normalized spacial score (nSPS) is 16.2. The Morgan fingerprint density at radius 1 is 1.37 bits per heavy atom. The van der Waals surface area contributed by atoms with E-state index >= 15 is 0 Å². The number of nitrogens with one attached hydrogen (secondary N) is 2. The third kappa shape index (κ3) is 6.27. The second-order valence-electron chi connectivity index (χ2n) is 8.25. The van der Waals surface area contributed by atoms with Crippen LogP contribution < -0.4 is 15.4 Å². The van der Waals surface area contributed by atoms with Crippen LogP contribution >= 0.6 is 0 Å². The SMILES string of the molecule is CC1(C)Cc2cc(OC/C(=C/F)CNC(=O)OC(C)(C)C)ccc2C(=O)N1. The predicted molar refractivity (Wildman–Crippen MR) is 101 cm³/mol. The lowest BCUT2D eigenvalue weighted by atomic mass is 9.87. The summed E-state index contributed by atoms with van der Waals surface area (Å²) in [6.07, 6.45) is 0.466. The molecule has 148 valence electrons. The summed E-state index contributed by atoms with van der Waals surface area (Å²) in [7, 11) is 0. The summed E-state index contributed by atoms with van der Waals surface area (Å²) in [4.78, 5) is 23.8. The van der Waals surface area contributed by atoms with Gasteiger partial charge >= 0.3 is 6.09 Å². The van der Waals surface area contributed by atoms with E-state index in [0.29, 0.717) is 24.1 Å². The average Bonchev–Trinajstić information content (AvgIpc) is 2.51. The molecule has 6 nitrogen and oxygen atoms in total. The molecule has 0 bridgehead atoms. The van der Waals surface area contributed by atoms with E-state index in [1.54, 1.807) is 39.0 Å². The highest BCUT2D eigenvalue weighted by atomic mass is 19.1. The van der Waals surface area contributed by atoms with Crippen LogP contribution in [0.15, 0.2) is 30.1 Å². The lowest BCUT2D eigenvalue weighted by Crippen LogP contribution is -2.49. The van der Waals surface area contributed by atoms with Gasteiger partial charge in [-0.3, -0.25) is 4.79 Å². The van der Waals surface area contributed by atoms with Crippen LogP contribution in [0.2, 0.25) is 0 Å². The fourth-order valence-corrected chi connectivity index (χ4v) is 2.72. The van der Waals surface area contributed by atoms with Gasteiger partial charge in [0.25, 0.3) is 5.91 Å². The van der Waals surface area contributed by atoms with Gasteiger partial charge in [-0.1, -0.05) is 0 Å². The molecule has 0 atom stereocenters. The first-order chi connectivity index (χ1) is 12.5. The summed E-state index contributed by atoms with van der Waals surface area (Å²) in [6, 6.07) is 5.17. The Morgan fingerprint density at radius 3 is 2.70 bits per heavy atom. The number of rotatable bonds is 5.